The molecule has 148 valence electrons. The van der Waals surface area contributed by atoms with Crippen molar-refractivity contribution in [3.8, 4) is 0 Å². The van der Waals surface area contributed by atoms with Gasteiger partial charge in [0.25, 0.3) is 21.8 Å². The molecule has 8 heteroatoms. The first-order valence-corrected chi connectivity index (χ1v) is 11.2. The average Bonchev–Trinajstić information content (AvgIpc) is 3.26. The van der Waals surface area contributed by atoms with Gasteiger partial charge in [0.05, 0.1) is 16.0 Å². The standard InChI is InChI=1S/C22H13BrN2O4S/c23-15-6-8-20-17(10-15)19(18-11-21(26)24-22(18)27)12-25(20)30(28,29)16-7-5-13-3-1-2-4-14(13)9-16/h1-12H,(H,24,26,27). The minimum Gasteiger partial charge on any atom is -0.289 e. The van der Waals surface area contributed by atoms with E-state index in [4.69, 9.17) is 0 Å². The number of hydrogen-bond acceptors (Lipinski definition) is 4. The maximum atomic E-state index is 13.5. The Morgan fingerprint density at radius 3 is 2.40 bits per heavy atom. The fraction of sp³-hybridized carbons (Fsp3) is 0. The number of rotatable bonds is 3. The predicted octanol–water partition coefficient (Wildman–Crippen LogP) is 3.83. The Hall–Kier alpha value is -3.23. The molecule has 0 spiro atoms. The molecule has 0 fully saturated rings. The van der Waals surface area contributed by atoms with E-state index in [0.717, 1.165) is 19.2 Å². The van der Waals surface area contributed by atoms with Crippen LogP contribution in [0.15, 0.2) is 82.3 Å². The number of carbonyl (C=O) groups is 2. The van der Waals surface area contributed by atoms with Gasteiger partial charge in [0.15, 0.2) is 0 Å². The fourth-order valence-electron chi connectivity index (χ4n) is 3.64. The number of halogens is 1. The monoisotopic (exact) mass is 480 g/mol. The predicted molar refractivity (Wildman–Crippen MR) is 117 cm³/mol. The lowest BCUT2D eigenvalue weighted by Gasteiger charge is -2.09. The molecule has 1 aliphatic heterocycles. The molecule has 5 rings (SSSR count). The van der Waals surface area contributed by atoms with Crippen molar-refractivity contribution in [1.29, 1.82) is 0 Å². The third-order valence-electron chi connectivity index (χ3n) is 5.06. The van der Waals surface area contributed by atoms with Crippen molar-refractivity contribution in [2.75, 3.05) is 0 Å². The number of nitrogens with zero attached hydrogens (tertiary/aromatic N) is 1. The largest absolute Gasteiger partial charge is 0.289 e. The number of hydrogen-bond donors (Lipinski definition) is 1. The van der Waals surface area contributed by atoms with Crippen molar-refractivity contribution in [1.82, 2.24) is 9.29 Å². The zero-order valence-corrected chi connectivity index (χ0v) is 17.7. The summed E-state index contributed by atoms with van der Waals surface area (Å²) in [7, 11) is -3.95. The van der Waals surface area contributed by atoms with Gasteiger partial charge in [-0.05, 0) is 41.1 Å². The smallest absolute Gasteiger partial charge is 0.268 e. The fourth-order valence-corrected chi connectivity index (χ4v) is 5.41. The van der Waals surface area contributed by atoms with Crippen LogP contribution in [0.1, 0.15) is 5.56 Å². The quantitative estimate of drug-likeness (QED) is 0.451. The molecular formula is C22H13BrN2O4S. The van der Waals surface area contributed by atoms with Gasteiger partial charge in [0.2, 0.25) is 0 Å². The van der Waals surface area contributed by atoms with Gasteiger partial charge in [0, 0.05) is 27.7 Å². The number of aromatic nitrogens is 1. The molecule has 0 saturated heterocycles. The molecule has 0 radical (unpaired) electrons. The SMILES string of the molecule is O=C1C=C(c2cn(S(=O)(=O)c3ccc4ccccc4c3)c3ccc(Br)cc23)C(=O)N1. The number of amides is 2. The molecule has 1 aliphatic rings. The molecule has 3 aromatic carbocycles. The van der Waals surface area contributed by atoms with Crippen molar-refractivity contribution < 1.29 is 18.0 Å². The highest BCUT2D eigenvalue weighted by molar-refractivity contribution is 9.10. The van der Waals surface area contributed by atoms with Crippen LogP contribution in [-0.2, 0) is 19.6 Å². The Bertz CT molecular complexity index is 1530. The summed E-state index contributed by atoms with van der Waals surface area (Å²) in [4.78, 5) is 24.0. The lowest BCUT2D eigenvalue weighted by atomic mass is 10.1. The summed E-state index contributed by atoms with van der Waals surface area (Å²) in [6.07, 6.45) is 2.58. The molecule has 2 amide bonds. The molecule has 0 unspecified atom stereocenters. The molecular weight excluding hydrogens is 468 g/mol. The van der Waals surface area contributed by atoms with E-state index in [1.165, 1.54) is 12.3 Å². The maximum absolute atomic E-state index is 13.5. The molecule has 1 aromatic heterocycles. The molecule has 0 saturated carbocycles. The van der Waals surface area contributed by atoms with Crippen LogP contribution < -0.4 is 5.32 Å². The van der Waals surface area contributed by atoms with Crippen LogP contribution in [0.3, 0.4) is 0 Å². The number of fused-ring (bicyclic) bond motifs is 2. The normalized spacial score (nSPS) is 14.4. The zero-order valence-electron chi connectivity index (χ0n) is 15.3. The summed E-state index contributed by atoms with van der Waals surface area (Å²) >= 11 is 3.39. The molecule has 30 heavy (non-hydrogen) atoms. The van der Waals surface area contributed by atoms with Crippen molar-refractivity contribution in [3.05, 3.63) is 83.0 Å². The lowest BCUT2D eigenvalue weighted by Crippen LogP contribution is -2.21. The number of nitrogens with one attached hydrogen (secondary N) is 1. The summed E-state index contributed by atoms with van der Waals surface area (Å²) < 4.78 is 28.9. The summed E-state index contributed by atoms with van der Waals surface area (Å²) in [5, 5.41) is 4.49. The highest BCUT2D eigenvalue weighted by Crippen LogP contribution is 2.34. The van der Waals surface area contributed by atoms with Crippen molar-refractivity contribution in [2.24, 2.45) is 0 Å². The van der Waals surface area contributed by atoms with Crippen molar-refractivity contribution in [3.63, 3.8) is 0 Å². The Kier molecular flexibility index (Phi) is 4.16. The van der Waals surface area contributed by atoms with Gasteiger partial charge in [-0.15, -0.1) is 0 Å². The van der Waals surface area contributed by atoms with Gasteiger partial charge >= 0.3 is 0 Å². The number of carbonyl (C=O) groups excluding carboxylic acids is 2. The number of imide groups is 1. The number of benzene rings is 3. The first kappa shape index (κ1) is 18.8. The molecule has 0 bridgehead atoms. The van der Waals surface area contributed by atoms with E-state index in [1.54, 1.807) is 36.4 Å². The zero-order chi connectivity index (χ0) is 21.0. The summed E-state index contributed by atoms with van der Waals surface area (Å²) in [6.45, 7) is 0. The second kappa shape index (κ2) is 6.65. The molecule has 1 N–H and O–H groups in total. The lowest BCUT2D eigenvalue weighted by molar-refractivity contribution is -0.123. The van der Waals surface area contributed by atoms with Gasteiger partial charge in [0.1, 0.15) is 0 Å². The van der Waals surface area contributed by atoms with Crippen LogP contribution >= 0.6 is 15.9 Å². The highest BCUT2D eigenvalue weighted by atomic mass is 79.9. The highest BCUT2D eigenvalue weighted by Gasteiger charge is 2.28. The Balaban J connectivity index is 1.77. The first-order chi connectivity index (χ1) is 14.3. The van der Waals surface area contributed by atoms with Gasteiger partial charge in [-0.1, -0.05) is 46.3 Å². The topological polar surface area (TPSA) is 85.2 Å². The van der Waals surface area contributed by atoms with E-state index in [-0.39, 0.29) is 10.5 Å². The Morgan fingerprint density at radius 1 is 0.900 bits per heavy atom. The molecule has 4 aromatic rings. The third kappa shape index (κ3) is 2.88. The second-order valence-corrected chi connectivity index (χ2v) is 9.62. The first-order valence-electron chi connectivity index (χ1n) is 8.97. The summed E-state index contributed by atoms with van der Waals surface area (Å²) in [6, 6.07) is 17.6. The minimum absolute atomic E-state index is 0.133. The van der Waals surface area contributed by atoms with Gasteiger partial charge in [-0.2, -0.15) is 0 Å². The molecule has 2 heterocycles. The Morgan fingerprint density at radius 2 is 1.67 bits per heavy atom. The average molecular weight is 481 g/mol. The van der Waals surface area contributed by atoms with Crippen LogP contribution in [0.4, 0.5) is 0 Å². The van der Waals surface area contributed by atoms with Crippen LogP contribution in [0.2, 0.25) is 0 Å². The molecule has 0 aliphatic carbocycles. The molecule has 0 atom stereocenters. The second-order valence-electron chi connectivity index (χ2n) is 6.89. The minimum atomic E-state index is -3.95. The molecule has 6 nitrogen and oxygen atoms in total. The van der Waals surface area contributed by atoms with Crippen molar-refractivity contribution >= 4 is 65.0 Å². The Labute approximate surface area is 180 Å². The van der Waals surface area contributed by atoms with Crippen LogP contribution in [0.25, 0.3) is 27.2 Å². The summed E-state index contributed by atoms with van der Waals surface area (Å²) in [5.41, 5.74) is 0.920. The van der Waals surface area contributed by atoms with Gasteiger partial charge in [-0.3, -0.25) is 14.9 Å². The van der Waals surface area contributed by atoms with E-state index in [1.807, 2.05) is 24.3 Å². The van der Waals surface area contributed by atoms with Crippen LogP contribution in [-0.4, -0.2) is 24.2 Å². The third-order valence-corrected chi connectivity index (χ3v) is 7.22. The van der Waals surface area contributed by atoms with Crippen molar-refractivity contribution in [2.45, 2.75) is 4.90 Å². The van der Waals surface area contributed by atoms with Gasteiger partial charge in [-0.25, -0.2) is 12.4 Å². The summed E-state index contributed by atoms with van der Waals surface area (Å²) in [5.74, 6) is -1.08. The van der Waals surface area contributed by atoms with E-state index in [0.29, 0.717) is 16.5 Å². The van der Waals surface area contributed by atoms with E-state index < -0.39 is 21.8 Å². The maximum Gasteiger partial charge on any atom is 0.268 e. The van der Waals surface area contributed by atoms with Crippen LogP contribution in [0.5, 0.6) is 0 Å². The van der Waals surface area contributed by atoms with E-state index in [9.17, 15) is 18.0 Å². The van der Waals surface area contributed by atoms with E-state index >= 15 is 0 Å². The van der Waals surface area contributed by atoms with Crippen LogP contribution in [0, 0.1) is 0 Å². The van der Waals surface area contributed by atoms with E-state index in [2.05, 4.69) is 21.2 Å². The van der Waals surface area contributed by atoms with Gasteiger partial charge < -0.3 is 0 Å².